The summed E-state index contributed by atoms with van der Waals surface area (Å²) in [5.74, 6) is 2.12. The number of benzene rings is 1. The van der Waals surface area contributed by atoms with Gasteiger partial charge in [-0.25, -0.2) is 0 Å². The molecule has 0 amide bonds. The Labute approximate surface area is 129 Å². The number of halogens is 1. The van der Waals surface area contributed by atoms with E-state index in [1.807, 2.05) is 12.1 Å². The van der Waals surface area contributed by atoms with Crippen LogP contribution >= 0.6 is 15.9 Å². The number of methoxy groups -OCH3 is 2. The van der Waals surface area contributed by atoms with Gasteiger partial charge in [0.05, 0.1) is 19.8 Å². The maximum Gasteiger partial charge on any atom is 0.142 e. The molecule has 0 aliphatic heterocycles. The van der Waals surface area contributed by atoms with Crippen molar-refractivity contribution in [3.8, 4) is 11.5 Å². The molecule has 1 N–H and O–H groups in total. The second-order valence-electron chi connectivity index (χ2n) is 5.87. The summed E-state index contributed by atoms with van der Waals surface area (Å²) in [7, 11) is 3.25. The molecule has 112 valence electrons. The van der Waals surface area contributed by atoms with Gasteiger partial charge in [-0.15, -0.1) is 0 Å². The quantitative estimate of drug-likeness (QED) is 0.898. The van der Waals surface area contributed by atoms with Gasteiger partial charge < -0.3 is 14.6 Å². The summed E-state index contributed by atoms with van der Waals surface area (Å²) < 4.78 is 11.6. The van der Waals surface area contributed by atoms with Gasteiger partial charge in [0.15, 0.2) is 0 Å². The van der Waals surface area contributed by atoms with Crippen molar-refractivity contribution in [1.29, 1.82) is 0 Å². The van der Waals surface area contributed by atoms with Crippen LogP contribution in [0.4, 0.5) is 0 Å². The normalized spacial score (nSPS) is 30.1. The Morgan fingerprint density at radius 2 is 1.90 bits per heavy atom. The predicted molar refractivity (Wildman–Crippen MR) is 83.3 cm³/mol. The van der Waals surface area contributed by atoms with Gasteiger partial charge in [0.1, 0.15) is 16.0 Å². The number of rotatable bonds is 3. The fourth-order valence-electron chi connectivity index (χ4n) is 3.22. The molecule has 0 aromatic heterocycles. The Bertz CT molecular complexity index is 489. The number of hydrogen-bond donors (Lipinski definition) is 1. The van der Waals surface area contributed by atoms with Crippen LogP contribution in [0.1, 0.15) is 38.7 Å². The van der Waals surface area contributed by atoms with Gasteiger partial charge >= 0.3 is 0 Å². The minimum Gasteiger partial charge on any atom is -0.495 e. The molecule has 4 heteroatoms. The molecule has 2 rings (SSSR count). The molecule has 1 aromatic rings. The Balaban J connectivity index is 2.53. The van der Waals surface area contributed by atoms with Crippen molar-refractivity contribution in [1.82, 2.24) is 0 Å². The van der Waals surface area contributed by atoms with Crippen LogP contribution in [0.3, 0.4) is 0 Å². The van der Waals surface area contributed by atoms with Crippen LogP contribution in [0.5, 0.6) is 11.5 Å². The fourth-order valence-corrected chi connectivity index (χ4v) is 3.89. The molecule has 3 nitrogen and oxygen atoms in total. The molecule has 3 atom stereocenters. The average Bonchev–Trinajstić information content (AvgIpc) is 2.42. The first-order chi connectivity index (χ1) is 9.43. The second-order valence-corrected chi connectivity index (χ2v) is 6.67. The molecule has 1 aliphatic rings. The van der Waals surface area contributed by atoms with E-state index in [4.69, 9.17) is 9.47 Å². The van der Waals surface area contributed by atoms with E-state index in [9.17, 15) is 5.11 Å². The van der Waals surface area contributed by atoms with Crippen LogP contribution in [0.15, 0.2) is 16.6 Å². The lowest BCUT2D eigenvalue weighted by Gasteiger charge is -2.42. The Morgan fingerprint density at radius 1 is 1.20 bits per heavy atom. The van der Waals surface area contributed by atoms with Crippen LogP contribution in [0.2, 0.25) is 0 Å². The minimum absolute atomic E-state index is 0.216. The van der Waals surface area contributed by atoms with Gasteiger partial charge in [-0.05, 0) is 52.7 Å². The van der Waals surface area contributed by atoms with E-state index in [0.717, 1.165) is 22.9 Å². The van der Waals surface area contributed by atoms with Gasteiger partial charge in [0.2, 0.25) is 0 Å². The molecular formula is C16H23BrO3. The molecule has 1 aromatic carbocycles. The van der Waals surface area contributed by atoms with E-state index in [-0.39, 0.29) is 5.92 Å². The summed E-state index contributed by atoms with van der Waals surface area (Å²) in [5, 5.41) is 11.2. The van der Waals surface area contributed by atoms with Crippen molar-refractivity contribution in [3.05, 3.63) is 22.2 Å². The van der Waals surface area contributed by atoms with E-state index in [1.54, 1.807) is 14.2 Å². The third-order valence-corrected chi connectivity index (χ3v) is 5.27. The molecule has 1 fully saturated rings. The highest BCUT2D eigenvalue weighted by atomic mass is 79.9. The minimum atomic E-state index is -0.836. The van der Waals surface area contributed by atoms with E-state index >= 15 is 0 Å². The molecule has 0 radical (unpaired) electrons. The van der Waals surface area contributed by atoms with Crippen molar-refractivity contribution >= 4 is 15.9 Å². The van der Waals surface area contributed by atoms with Crippen molar-refractivity contribution in [3.63, 3.8) is 0 Å². The largest absolute Gasteiger partial charge is 0.495 e. The molecule has 1 saturated carbocycles. The molecule has 0 heterocycles. The van der Waals surface area contributed by atoms with Crippen LogP contribution in [0.25, 0.3) is 0 Å². The first kappa shape index (κ1) is 15.6. The first-order valence-electron chi connectivity index (χ1n) is 7.07. The van der Waals surface area contributed by atoms with Crippen LogP contribution < -0.4 is 9.47 Å². The summed E-state index contributed by atoms with van der Waals surface area (Å²) in [4.78, 5) is 0. The van der Waals surface area contributed by atoms with Gasteiger partial charge in [-0.2, -0.15) is 0 Å². The van der Waals surface area contributed by atoms with Gasteiger partial charge in [-0.1, -0.05) is 20.3 Å². The Hall–Kier alpha value is -0.740. The van der Waals surface area contributed by atoms with E-state index in [0.29, 0.717) is 17.4 Å². The third kappa shape index (κ3) is 2.56. The molecule has 0 bridgehead atoms. The van der Waals surface area contributed by atoms with Gasteiger partial charge in [0.25, 0.3) is 0 Å². The van der Waals surface area contributed by atoms with Crippen LogP contribution in [-0.4, -0.2) is 19.3 Å². The molecule has 0 saturated heterocycles. The van der Waals surface area contributed by atoms with Crippen LogP contribution in [-0.2, 0) is 5.60 Å². The number of hydrogen-bond acceptors (Lipinski definition) is 3. The van der Waals surface area contributed by atoms with Crippen molar-refractivity contribution in [2.45, 2.75) is 38.7 Å². The highest BCUT2D eigenvalue weighted by Gasteiger charge is 2.42. The van der Waals surface area contributed by atoms with E-state index in [1.165, 1.54) is 6.42 Å². The lowest BCUT2D eigenvalue weighted by atomic mass is 9.68. The monoisotopic (exact) mass is 342 g/mol. The summed E-state index contributed by atoms with van der Waals surface area (Å²) in [6, 6.07) is 3.81. The van der Waals surface area contributed by atoms with E-state index < -0.39 is 5.60 Å². The highest BCUT2D eigenvalue weighted by molar-refractivity contribution is 9.10. The average molecular weight is 343 g/mol. The van der Waals surface area contributed by atoms with Crippen molar-refractivity contribution in [2.24, 2.45) is 11.8 Å². The lowest BCUT2D eigenvalue weighted by molar-refractivity contribution is -0.0642. The standard InChI is InChI=1S/C16H23BrO3/c1-10-5-6-11(2)16(18,9-10)12-7-8-13(19-3)14(17)15(12)20-4/h7-8,10-11,18H,5-6,9H2,1-4H3. The number of ether oxygens (including phenoxy) is 2. The SMILES string of the molecule is COc1ccc(C2(O)CC(C)CCC2C)c(OC)c1Br. The van der Waals surface area contributed by atoms with Gasteiger partial charge in [-0.3, -0.25) is 0 Å². The maximum atomic E-state index is 11.2. The zero-order valence-corrected chi connectivity index (χ0v) is 14.2. The maximum absolute atomic E-state index is 11.2. The van der Waals surface area contributed by atoms with E-state index in [2.05, 4.69) is 29.8 Å². The molecular weight excluding hydrogens is 320 g/mol. The second kappa shape index (κ2) is 5.94. The van der Waals surface area contributed by atoms with Crippen LogP contribution in [0, 0.1) is 11.8 Å². The molecule has 0 spiro atoms. The first-order valence-corrected chi connectivity index (χ1v) is 7.86. The Kier molecular flexibility index (Phi) is 4.65. The molecule has 1 aliphatic carbocycles. The van der Waals surface area contributed by atoms with Gasteiger partial charge in [0, 0.05) is 5.56 Å². The summed E-state index contributed by atoms with van der Waals surface area (Å²) in [6.07, 6.45) is 2.97. The topological polar surface area (TPSA) is 38.7 Å². The third-order valence-electron chi connectivity index (χ3n) is 4.52. The lowest BCUT2D eigenvalue weighted by Crippen LogP contribution is -2.39. The van der Waals surface area contributed by atoms with Crippen molar-refractivity contribution < 1.29 is 14.6 Å². The zero-order chi connectivity index (χ0) is 14.9. The summed E-state index contributed by atoms with van der Waals surface area (Å²) in [6.45, 7) is 4.31. The fraction of sp³-hybridized carbons (Fsp3) is 0.625. The smallest absolute Gasteiger partial charge is 0.142 e. The highest BCUT2D eigenvalue weighted by Crippen LogP contribution is 2.49. The number of aliphatic hydroxyl groups is 1. The molecule has 20 heavy (non-hydrogen) atoms. The zero-order valence-electron chi connectivity index (χ0n) is 12.6. The van der Waals surface area contributed by atoms with Crippen molar-refractivity contribution in [2.75, 3.05) is 14.2 Å². The predicted octanol–water partition coefficient (Wildman–Crippen LogP) is 4.11. The molecule has 3 unspecified atom stereocenters. The summed E-state index contributed by atoms with van der Waals surface area (Å²) in [5.41, 5.74) is 0.0179. The Morgan fingerprint density at radius 3 is 2.50 bits per heavy atom. The summed E-state index contributed by atoms with van der Waals surface area (Å²) >= 11 is 3.52.